The van der Waals surface area contributed by atoms with Gasteiger partial charge in [-0.15, -0.1) is 0 Å². The first kappa shape index (κ1) is 23.6. The lowest BCUT2D eigenvalue weighted by Gasteiger charge is -2.47. The molecule has 4 nitrogen and oxygen atoms in total. The van der Waals surface area contributed by atoms with Crippen molar-refractivity contribution < 1.29 is 4.79 Å². The van der Waals surface area contributed by atoms with E-state index in [4.69, 9.17) is 4.99 Å². The number of aryl methyl sites for hydroxylation is 1. The summed E-state index contributed by atoms with van der Waals surface area (Å²) in [4.78, 5) is 23.2. The van der Waals surface area contributed by atoms with Gasteiger partial charge >= 0.3 is 0 Å². The van der Waals surface area contributed by atoms with Gasteiger partial charge in [-0.2, -0.15) is 0 Å². The minimum atomic E-state index is 0.0537. The third-order valence-electron chi connectivity index (χ3n) is 6.69. The van der Waals surface area contributed by atoms with Gasteiger partial charge in [0, 0.05) is 24.3 Å². The first-order chi connectivity index (χ1) is 15.7. The number of nitrogens with zero attached hydrogens (tertiary/aromatic N) is 3. The molecule has 1 fully saturated rings. The van der Waals surface area contributed by atoms with E-state index < -0.39 is 0 Å². The quantitative estimate of drug-likeness (QED) is 0.445. The van der Waals surface area contributed by atoms with Gasteiger partial charge in [0.1, 0.15) is 0 Å². The third-order valence-corrected chi connectivity index (χ3v) is 7.70. The van der Waals surface area contributed by atoms with Crippen LogP contribution < -0.4 is 4.90 Å². The van der Waals surface area contributed by atoms with Crippen LogP contribution in [-0.2, 0) is 4.79 Å². The molecule has 2 heterocycles. The van der Waals surface area contributed by atoms with Crippen molar-refractivity contribution >= 4 is 40.3 Å². The Morgan fingerprint density at radius 1 is 1.18 bits per heavy atom. The molecule has 2 aliphatic rings. The molecule has 0 N–H and O–H groups in total. The van der Waals surface area contributed by atoms with Crippen molar-refractivity contribution in [2.45, 2.75) is 65.8 Å². The summed E-state index contributed by atoms with van der Waals surface area (Å²) >= 11 is 1.49. The summed E-state index contributed by atoms with van der Waals surface area (Å²) in [7, 11) is 0. The zero-order valence-corrected chi connectivity index (χ0v) is 21.5. The SMILES string of the molecule is CCCN1C(=O)/C(=C/c2cc3c(cc2C)N(CC)C(C)(C)CC3C)SC1=Nc1ccccc1. The molecule has 1 atom stereocenters. The van der Waals surface area contributed by atoms with E-state index in [1.54, 1.807) is 0 Å². The third kappa shape index (κ3) is 4.61. The maximum absolute atomic E-state index is 13.3. The van der Waals surface area contributed by atoms with Gasteiger partial charge in [-0.3, -0.25) is 9.69 Å². The van der Waals surface area contributed by atoms with Crippen molar-refractivity contribution in [2.75, 3.05) is 18.0 Å². The van der Waals surface area contributed by atoms with Crippen molar-refractivity contribution in [1.29, 1.82) is 0 Å². The van der Waals surface area contributed by atoms with E-state index in [9.17, 15) is 4.79 Å². The lowest BCUT2D eigenvalue weighted by Crippen LogP contribution is -2.48. The average molecular weight is 462 g/mol. The highest BCUT2D eigenvalue weighted by atomic mass is 32.2. The molecule has 0 radical (unpaired) electrons. The van der Waals surface area contributed by atoms with Gasteiger partial charge in [0.2, 0.25) is 0 Å². The smallest absolute Gasteiger partial charge is 0.266 e. The summed E-state index contributed by atoms with van der Waals surface area (Å²) in [6, 6.07) is 14.5. The number of hydrogen-bond donors (Lipinski definition) is 0. The molecule has 0 saturated carbocycles. The summed E-state index contributed by atoms with van der Waals surface area (Å²) in [5.41, 5.74) is 6.07. The van der Waals surface area contributed by atoms with E-state index in [-0.39, 0.29) is 11.4 Å². The highest BCUT2D eigenvalue weighted by Gasteiger charge is 2.36. The Kier molecular flexibility index (Phi) is 6.71. The van der Waals surface area contributed by atoms with E-state index in [0.29, 0.717) is 12.5 Å². The number of amides is 1. The van der Waals surface area contributed by atoms with Gasteiger partial charge in [0.15, 0.2) is 5.17 Å². The number of hydrogen-bond acceptors (Lipinski definition) is 4. The lowest BCUT2D eigenvalue weighted by atomic mass is 9.79. The molecular weight excluding hydrogens is 426 g/mol. The Balaban J connectivity index is 1.72. The number of amidine groups is 1. The summed E-state index contributed by atoms with van der Waals surface area (Å²) in [5.74, 6) is 0.535. The first-order valence-electron chi connectivity index (χ1n) is 12.0. The highest BCUT2D eigenvalue weighted by molar-refractivity contribution is 8.18. The van der Waals surface area contributed by atoms with Gasteiger partial charge in [-0.05, 0) is 105 Å². The lowest BCUT2D eigenvalue weighted by molar-refractivity contribution is -0.122. The Hall–Kier alpha value is -2.53. The second-order valence-electron chi connectivity index (χ2n) is 9.73. The van der Waals surface area contributed by atoms with Crippen LogP contribution in [0.1, 0.15) is 70.1 Å². The second-order valence-corrected chi connectivity index (χ2v) is 10.7. The van der Waals surface area contributed by atoms with Crippen LogP contribution in [0.15, 0.2) is 52.4 Å². The number of fused-ring (bicyclic) bond motifs is 1. The molecule has 1 saturated heterocycles. The number of thioether (sulfide) groups is 1. The van der Waals surface area contributed by atoms with Gasteiger partial charge in [-0.25, -0.2) is 4.99 Å². The predicted octanol–water partition coefficient (Wildman–Crippen LogP) is 7.12. The fourth-order valence-electron chi connectivity index (χ4n) is 5.17. The number of aliphatic imine (C=N–C) groups is 1. The molecule has 5 heteroatoms. The van der Waals surface area contributed by atoms with Crippen LogP contribution in [0.4, 0.5) is 11.4 Å². The van der Waals surface area contributed by atoms with E-state index in [1.165, 1.54) is 28.6 Å². The summed E-state index contributed by atoms with van der Waals surface area (Å²) < 4.78 is 0. The number of rotatable bonds is 5. The molecule has 2 aromatic carbocycles. The van der Waals surface area contributed by atoms with Gasteiger partial charge in [0.05, 0.1) is 10.6 Å². The van der Waals surface area contributed by atoms with Crippen molar-refractivity contribution in [3.05, 3.63) is 64.1 Å². The fraction of sp³-hybridized carbons (Fsp3) is 0.429. The number of anilines is 1. The standard InChI is InChI=1S/C28H35N3OS/c1-7-14-30-26(32)25(33-27(30)29-22-12-10-9-11-13-22)17-21-16-23-20(4)18-28(5,6)31(8-2)24(23)15-19(21)3/h9-13,15-17,20H,7-8,14,18H2,1-6H3/b25-17-,29-27?. The number of benzene rings is 2. The van der Waals surface area contributed by atoms with E-state index in [2.05, 4.69) is 64.7 Å². The molecule has 0 spiro atoms. The Labute approximate surface area is 202 Å². The van der Waals surface area contributed by atoms with Crippen LogP contribution in [0, 0.1) is 6.92 Å². The largest absolute Gasteiger partial charge is 0.366 e. The highest BCUT2D eigenvalue weighted by Crippen LogP contribution is 2.45. The maximum Gasteiger partial charge on any atom is 0.266 e. The Bertz CT molecular complexity index is 1100. The molecule has 0 aromatic heterocycles. The zero-order valence-electron chi connectivity index (χ0n) is 20.7. The number of carbonyl (C=O) groups is 1. The number of para-hydroxylation sites is 1. The van der Waals surface area contributed by atoms with Crippen LogP contribution in [0.2, 0.25) is 0 Å². The first-order valence-corrected chi connectivity index (χ1v) is 12.8. The fourth-order valence-corrected chi connectivity index (χ4v) is 6.19. The van der Waals surface area contributed by atoms with Crippen molar-refractivity contribution in [2.24, 2.45) is 4.99 Å². The van der Waals surface area contributed by atoms with Crippen LogP contribution in [0.5, 0.6) is 0 Å². The monoisotopic (exact) mass is 461 g/mol. The Morgan fingerprint density at radius 3 is 2.58 bits per heavy atom. The molecule has 33 heavy (non-hydrogen) atoms. The average Bonchev–Trinajstić information content (AvgIpc) is 3.04. The molecular formula is C28H35N3OS. The van der Waals surface area contributed by atoms with Gasteiger partial charge < -0.3 is 4.90 Å². The summed E-state index contributed by atoms with van der Waals surface area (Å²) in [6.45, 7) is 15.1. The molecule has 0 aliphatic carbocycles. The van der Waals surface area contributed by atoms with Crippen molar-refractivity contribution in [1.82, 2.24) is 4.90 Å². The summed E-state index contributed by atoms with van der Waals surface area (Å²) in [5, 5.41) is 0.766. The molecule has 1 unspecified atom stereocenters. The van der Waals surface area contributed by atoms with Gasteiger partial charge in [-0.1, -0.05) is 32.0 Å². The van der Waals surface area contributed by atoms with E-state index in [0.717, 1.165) is 40.7 Å². The molecule has 2 aromatic rings. The molecule has 2 aliphatic heterocycles. The molecule has 0 bridgehead atoms. The van der Waals surface area contributed by atoms with Crippen LogP contribution in [-0.4, -0.2) is 34.6 Å². The molecule has 174 valence electrons. The van der Waals surface area contributed by atoms with Crippen molar-refractivity contribution in [3.63, 3.8) is 0 Å². The summed E-state index contributed by atoms with van der Waals surface area (Å²) in [6.07, 6.45) is 4.09. The predicted molar refractivity (Wildman–Crippen MR) is 142 cm³/mol. The molecule has 1 amide bonds. The minimum absolute atomic E-state index is 0.0537. The van der Waals surface area contributed by atoms with Crippen molar-refractivity contribution in [3.8, 4) is 0 Å². The van der Waals surface area contributed by atoms with E-state index >= 15 is 0 Å². The minimum Gasteiger partial charge on any atom is -0.366 e. The second kappa shape index (κ2) is 9.38. The normalized spacial score (nSPS) is 22.4. The van der Waals surface area contributed by atoms with Crippen LogP contribution in [0.25, 0.3) is 6.08 Å². The topological polar surface area (TPSA) is 35.9 Å². The Morgan fingerprint density at radius 2 is 1.91 bits per heavy atom. The van der Waals surface area contributed by atoms with Gasteiger partial charge in [0.25, 0.3) is 5.91 Å². The zero-order chi connectivity index (χ0) is 23.8. The maximum atomic E-state index is 13.3. The van der Waals surface area contributed by atoms with Crippen LogP contribution >= 0.6 is 11.8 Å². The number of carbonyl (C=O) groups excluding carboxylic acids is 1. The molecule has 4 rings (SSSR count). The van der Waals surface area contributed by atoms with Crippen LogP contribution in [0.3, 0.4) is 0 Å². The van der Waals surface area contributed by atoms with E-state index in [1.807, 2.05) is 35.2 Å².